The van der Waals surface area contributed by atoms with Crippen LogP contribution < -0.4 is 10.1 Å². The fourth-order valence-electron chi connectivity index (χ4n) is 1.32. The number of likely N-dealkylation sites (N-methyl/N-ethyl adjacent to an activating group) is 1. The van der Waals surface area contributed by atoms with Gasteiger partial charge in [0.25, 0.3) is 5.91 Å². The molecule has 0 spiro atoms. The average molecular weight is 258 g/mol. The summed E-state index contributed by atoms with van der Waals surface area (Å²) in [6, 6.07) is 2.35. The van der Waals surface area contributed by atoms with Crippen molar-refractivity contribution in [2.45, 2.75) is 6.54 Å². The Hall–Kier alpha value is -1.69. The Kier molecular flexibility index (Phi) is 5.03. The molecular formula is C12H16F2N2O2. The second-order valence-electron chi connectivity index (χ2n) is 4.00. The zero-order valence-corrected chi connectivity index (χ0v) is 10.6. The van der Waals surface area contributed by atoms with Gasteiger partial charge in [-0.15, -0.1) is 0 Å². The van der Waals surface area contributed by atoms with E-state index in [1.54, 1.807) is 7.05 Å². The summed E-state index contributed by atoms with van der Waals surface area (Å²) in [7, 11) is 4.75. The molecule has 1 aromatic rings. The van der Waals surface area contributed by atoms with E-state index in [1.807, 2.05) is 0 Å². The number of hydrogen-bond donors (Lipinski definition) is 1. The zero-order valence-electron chi connectivity index (χ0n) is 10.6. The molecule has 0 aliphatic heterocycles. The van der Waals surface area contributed by atoms with Gasteiger partial charge in [0.1, 0.15) is 0 Å². The van der Waals surface area contributed by atoms with E-state index in [0.29, 0.717) is 12.1 Å². The topological polar surface area (TPSA) is 41.6 Å². The first-order valence-electron chi connectivity index (χ1n) is 5.41. The first-order valence-corrected chi connectivity index (χ1v) is 5.41. The van der Waals surface area contributed by atoms with Crippen LogP contribution in [0.2, 0.25) is 0 Å². The molecule has 0 unspecified atom stereocenters. The van der Waals surface area contributed by atoms with Gasteiger partial charge < -0.3 is 15.0 Å². The molecule has 18 heavy (non-hydrogen) atoms. The van der Waals surface area contributed by atoms with Crippen LogP contribution in [0.4, 0.5) is 8.78 Å². The summed E-state index contributed by atoms with van der Waals surface area (Å²) >= 11 is 0. The number of benzene rings is 1. The fraction of sp³-hybridized carbons (Fsp3) is 0.417. The molecule has 0 radical (unpaired) electrons. The van der Waals surface area contributed by atoms with E-state index in [9.17, 15) is 13.6 Å². The SMILES string of the molecule is CNCc1cc(F)c(OCC(=O)N(C)C)c(F)c1. The predicted molar refractivity (Wildman–Crippen MR) is 63.3 cm³/mol. The van der Waals surface area contributed by atoms with Crippen LogP contribution in [0.15, 0.2) is 12.1 Å². The maximum atomic E-state index is 13.6. The van der Waals surface area contributed by atoms with Crippen LogP contribution in [-0.2, 0) is 11.3 Å². The van der Waals surface area contributed by atoms with E-state index in [-0.39, 0.29) is 5.91 Å². The third-order valence-corrected chi connectivity index (χ3v) is 2.28. The lowest BCUT2D eigenvalue weighted by Gasteiger charge is -2.13. The lowest BCUT2D eigenvalue weighted by molar-refractivity contribution is -0.130. The zero-order chi connectivity index (χ0) is 13.7. The van der Waals surface area contributed by atoms with Crippen molar-refractivity contribution >= 4 is 5.91 Å². The number of carbonyl (C=O) groups excluding carboxylic acids is 1. The van der Waals surface area contributed by atoms with E-state index >= 15 is 0 Å². The summed E-state index contributed by atoms with van der Waals surface area (Å²) in [5.41, 5.74) is 0.471. The van der Waals surface area contributed by atoms with Crippen molar-refractivity contribution in [3.63, 3.8) is 0 Å². The summed E-state index contributed by atoms with van der Waals surface area (Å²) in [4.78, 5) is 12.5. The highest BCUT2D eigenvalue weighted by Gasteiger charge is 2.14. The molecule has 0 heterocycles. The van der Waals surface area contributed by atoms with Crippen molar-refractivity contribution in [3.05, 3.63) is 29.3 Å². The number of hydrogen-bond acceptors (Lipinski definition) is 3. The van der Waals surface area contributed by atoms with Gasteiger partial charge >= 0.3 is 0 Å². The van der Waals surface area contributed by atoms with Crippen LogP contribution in [0, 0.1) is 11.6 Å². The first-order chi connectivity index (χ1) is 8.45. The molecule has 0 saturated heterocycles. The molecule has 1 rings (SSSR count). The Bertz CT molecular complexity index is 413. The number of rotatable bonds is 5. The van der Waals surface area contributed by atoms with E-state index in [4.69, 9.17) is 4.74 Å². The molecule has 0 aliphatic carbocycles. The third kappa shape index (κ3) is 3.66. The van der Waals surface area contributed by atoms with Gasteiger partial charge in [-0.1, -0.05) is 0 Å². The van der Waals surface area contributed by atoms with E-state index < -0.39 is 24.0 Å². The Morgan fingerprint density at radius 2 is 1.89 bits per heavy atom. The Labute approximate surface area is 105 Å². The molecule has 100 valence electrons. The molecule has 0 aromatic heterocycles. The smallest absolute Gasteiger partial charge is 0.259 e. The van der Waals surface area contributed by atoms with E-state index in [2.05, 4.69) is 5.32 Å². The molecule has 1 N–H and O–H groups in total. The second kappa shape index (κ2) is 6.30. The van der Waals surface area contributed by atoms with Crippen molar-refractivity contribution in [1.29, 1.82) is 0 Å². The Balaban J connectivity index is 2.80. The van der Waals surface area contributed by atoms with Crippen LogP contribution in [0.5, 0.6) is 5.75 Å². The van der Waals surface area contributed by atoms with Gasteiger partial charge in [-0.05, 0) is 24.7 Å². The maximum absolute atomic E-state index is 13.6. The molecule has 0 atom stereocenters. The molecule has 0 saturated carbocycles. The molecule has 1 aromatic carbocycles. The average Bonchev–Trinajstić information content (AvgIpc) is 2.27. The quantitative estimate of drug-likeness (QED) is 0.861. The molecule has 0 aliphatic rings. The van der Waals surface area contributed by atoms with Gasteiger partial charge in [-0.3, -0.25) is 4.79 Å². The third-order valence-electron chi connectivity index (χ3n) is 2.28. The highest BCUT2D eigenvalue weighted by molar-refractivity contribution is 5.77. The van der Waals surface area contributed by atoms with Crippen LogP contribution in [-0.4, -0.2) is 38.6 Å². The van der Waals surface area contributed by atoms with Gasteiger partial charge in [-0.25, -0.2) is 8.78 Å². The summed E-state index contributed by atoms with van der Waals surface area (Å²) in [6.45, 7) is -0.0447. The van der Waals surface area contributed by atoms with Crippen molar-refractivity contribution in [2.75, 3.05) is 27.7 Å². The van der Waals surface area contributed by atoms with Crippen molar-refractivity contribution in [2.24, 2.45) is 0 Å². The van der Waals surface area contributed by atoms with E-state index in [1.165, 1.54) is 31.1 Å². The number of nitrogens with one attached hydrogen (secondary N) is 1. The number of nitrogens with zero attached hydrogens (tertiary/aromatic N) is 1. The van der Waals surface area contributed by atoms with Crippen molar-refractivity contribution < 1.29 is 18.3 Å². The van der Waals surface area contributed by atoms with E-state index in [0.717, 1.165) is 0 Å². The minimum Gasteiger partial charge on any atom is -0.478 e. The fourth-order valence-corrected chi connectivity index (χ4v) is 1.32. The summed E-state index contributed by atoms with van der Waals surface area (Å²) in [5.74, 6) is -2.52. The van der Waals surface area contributed by atoms with Gasteiger partial charge in [-0.2, -0.15) is 0 Å². The molecule has 6 heteroatoms. The number of carbonyl (C=O) groups is 1. The first kappa shape index (κ1) is 14.4. The van der Waals surface area contributed by atoms with Crippen LogP contribution in [0.3, 0.4) is 0 Å². The molecule has 1 amide bonds. The van der Waals surface area contributed by atoms with Crippen molar-refractivity contribution in [1.82, 2.24) is 10.2 Å². The lowest BCUT2D eigenvalue weighted by Crippen LogP contribution is -2.27. The van der Waals surface area contributed by atoms with Crippen LogP contribution in [0.1, 0.15) is 5.56 Å². The highest BCUT2D eigenvalue weighted by Crippen LogP contribution is 2.23. The van der Waals surface area contributed by atoms with Crippen LogP contribution >= 0.6 is 0 Å². The molecule has 0 fully saturated rings. The maximum Gasteiger partial charge on any atom is 0.259 e. The lowest BCUT2D eigenvalue weighted by atomic mass is 10.2. The number of halogens is 2. The molecule has 4 nitrogen and oxygen atoms in total. The Morgan fingerprint density at radius 1 is 1.33 bits per heavy atom. The van der Waals surface area contributed by atoms with Gasteiger partial charge in [0.15, 0.2) is 24.0 Å². The van der Waals surface area contributed by atoms with Gasteiger partial charge in [0, 0.05) is 20.6 Å². The standard InChI is InChI=1S/C12H16F2N2O2/c1-15-6-8-4-9(13)12(10(14)5-8)18-7-11(17)16(2)3/h4-5,15H,6-7H2,1-3H3. The molecule has 0 bridgehead atoms. The van der Waals surface area contributed by atoms with Gasteiger partial charge in [0.05, 0.1) is 0 Å². The van der Waals surface area contributed by atoms with Crippen LogP contribution in [0.25, 0.3) is 0 Å². The minimum absolute atomic E-state index is 0.352. The summed E-state index contributed by atoms with van der Waals surface area (Å²) < 4.78 is 32.0. The highest BCUT2D eigenvalue weighted by atomic mass is 19.1. The van der Waals surface area contributed by atoms with Gasteiger partial charge in [0.2, 0.25) is 0 Å². The Morgan fingerprint density at radius 3 is 2.33 bits per heavy atom. The summed E-state index contributed by atoms with van der Waals surface area (Å²) in [6.07, 6.45) is 0. The normalized spacial score (nSPS) is 10.3. The predicted octanol–water partition coefficient (Wildman–Crippen LogP) is 1.15. The summed E-state index contributed by atoms with van der Waals surface area (Å²) in [5, 5.41) is 2.79. The monoisotopic (exact) mass is 258 g/mol. The largest absolute Gasteiger partial charge is 0.478 e. The second-order valence-corrected chi connectivity index (χ2v) is 4.00. The number of ether oxygens (including phenoxy) is 1. The number of amides is 1. The van der Waals surface area contributed by atoms with Crippen molar-refractivity contribution in [3.8, 4) is 5.75 Å². The minimum atomic E-state index is -0.813. The molecular weight excluding hydrogens is 242 g/mol.